The lowest BCUT2D eigenvalue weighted by Gasteiger charge is -2.18. The molecule has 6 nitrogen and oxygen atoms in total. The van der Waals surface area contributed by atoms with Crippen molar-refractivity contribution in [2.75, 3.05) is 13.2 Å². The van der Waals surface area contributed by atoms with Crippen LogP contribution in [-0.4, -0.2) is 37.2 Å². The van der Waals surface area contributed by atoms with Crippen LogP contribution in [0.5, 0.6) is 0 Å². The van der Waals surface area contributed by atoms with E-state index in [1.165, 1.54) is 270 Å². The third kappa shape index (κ3) is 68.0. The lowest BCUT2D eigenvalue weighted by atomic mass is 10.0. The van der Waals surface area contributed by atoms with E-state index in [4.69, 9.17) is 14.2 Å². The van der Waals surface area contributed by atoms with Crippen molar-refractivity contribution in [3.63, 3.8) is 0 Å². The van der Waals surface area contributed by atoms with Crippen LogP contribution >= 0.6 is 0 Å². The van der Waals surface area contributed by atoms with Gasteiger partial charge < -0.3 is 14.2 Å². The van der Waals surface area contributed by atoms with Crippen LogP contribution in [-0.2, 0) is 28.6 Å². The summed E-state index contributed by atoms with van der Waals surface area (Å²) in [6.07, 6.45) is 88.8. The first-order valence-electron chi connectivity index (χ1n) is 36.1. The number of ether oxygens (including phenoxy) is 3. The maximum absolute atomic E-state index is 13.0. The van der Waals surface area contributed by atoms with Crippen LogP contribution in [0.3, 0.4) is 0 Å². The maximum atomic E-state index is 13.0. The molecule has 0 heterocycles. The van der Waals surface area contributed by atoms with Crippen LogP contribution in [0.15, 0.2) is 48.6 Å². The zero-order valence-corrected chi connectivity index (χ0v) is 54.6. The maximum Gasteiger partial charge on any atom is 0.306 e. The number of hydrogen-bond acceptors (Lipinski definition) is 6. The fourth-order valence-electron chi connectivity index (χ4n) is 10.9. The number of esters is 3. The van der Waals surface area contributed by atoms with E-state index in [0.717, 1.165) is 83.5 Å². The third-order valence-electron chi connectivity index (χ3n) is 16.3. The topological polar surface area (TPSA) is 78.9 Å². The Labute approximate surface area is 505 Å². The van der Waals surface area contributed by atoms with Crippen LogP contribution in [0.4, 0.5) is 0 Å². The molecule has 0 aromatic carbocycles. The molecule has 0 N–H and O–H groups in total. The number of allylic oxidation sites excluding steroid dienone is 8. The lowest BCUT2D eigenvalue weighted by Crippen LogP contribution is -2.30. The summed E-state index contributed by atoms with van der Waals surface area (Å²) < 4.78 is 17.0. The summed E-state index contributed by atoms with van der Waals surface area (Å²) in [5, 5.41) is 0. The average Bonchev–Trinajstić information content (AvgIpc) is 3.46. The SMILES string of the molecule is CC/C=C\C/C=C\C/C=C\CCCCCC(=O)OCC(COC(=O)CCCCCCCCCCCCCCCCC/C=C\CCCCCCCCCC)OC(=O)CCCCCCCCCCCCCCCCCCCCCCCCC. The monoisotopic (exact) mass is 1140 g/mol. The highest BCUT2D eigenvalue weighted by Crippen LogP contribution is 2.19. The van der Waals surface area contributed by atoms with Gasteiger partial charge in [0.25, 0.3) is 0 Å². The van der Waals surface area contributed by atoms with Gasteiger partial charge in [-0.2, -0.15) is 0 Å². The largest absolute Gasteiger partial charge is 0.462 e. The van der Waals surface area contributed by atoms with E-state index in [2.05, 4.69) is 69.4 Å². The Hall–Kier alpha value is -2.63. The van der Waals surface area contributed by atoms with Gasteiger partial charge in [-0.25, -0.2) is 0 Å². The van der Waals surface area contributed by atoms with Gasteiger partial charge in [0.05, 0.1) is 0 Å². The number of hydrogen-bond donors (Lipinski definition) is 0. The smallest absolute Gasteiger partial charge is 0.306 e. The van der Waals surface area contributed by atoms with Crippen molar-refractivity contribution in [1.29, 1.82) is 0 Å². The van der Waals surface area contributed by atoms with Gasteiger partial charge in [-0.15, -0.1) is 0 Å². The van der Waals surface area contributed by atoms with Crippen LogP contribution in [0, 0.1) is 0 Å². The predicted octanol–water partition coefficient (Wildman–Crippen LogP) is 24.9. The van der Waals surface area contributed by atoms with E-state index in [0.29, 0.717) is 19.3 Å². The Morgan fingerprint density at radius 1 is 0.259 bits per heavy atom. The molecule has 0 aliphatic heterocycles. The van der Waals surface area contributed by atoms with Gasteiger partial charge in [-0.1, -0.05) is 345 Å². The first-order chi connectivity index (χ1) is 40.0. The lowest BCUT2D eigenvalue weighted by molar-refractivity contribution is -0.167. The zero-order valence-electron chi connectivity index (χ0n) is 54.6. The van der Waals surface area contributed by atoms with E-state index < -0.39 is 6.10 Å². The van der Waals surface area contributed by atoms with Gasteiger partial charge in [0, 0.05) is 19.3 Å². The molecule has 0 spiro atoms. The minimum Gasteiger partial charge on any atom is -0.462 e. The molecule has 0 aliphatic carbocycles. The fraction of sp³-hybridized carbons (Fsp3) is 0.853. The third-order valence-corrected chi connectivity index (χ3v) is 16.3. The highest BCUT2D eigenvalue weighted by atomic mass is 16.6. The molecule has 0 aromatic rings. The molecule has 0 fully saturated rings. The summed E-state index contributed by atoms with van der Waals surface area (Å²) in [4.78, 5) is 38.4. The second kappa shape index (κ2) is 69.9. The Morgan fingerprint density at radius 2 is 0.481 bits per heavy atom. The summed E-state index contributed by atoms with van der Waals surface area (Å²) >= 11 is 0. The summed E-state index contributed by atoms with van der Waals surface area (Å²) in [5.41, 5.74) is 0. The van der Waals surface area contributed by atoms with Crippen molar-refractivity contribution >= 4 is 17.9 Å². The molecule has 474 valence electrons. The Morgan fingerprint density at radius 3 is 0.778 bits per heavy atom. The Bertz CT molecular complexity index is 1400. The molecule has 0 aromatic heterocycles. The van der Waals surface area contributed by atoms with Crippen LogP contribution in [0.2, 0.25) is 0 Å². The summed E-state index contributed by atoms with van der Waals surface area (Å²) in [7, 11) is 0. The van der Waals surface area contributed by atoms with Crippen molar-refractivity contribution < 1.29 is 28.6 Å². The molecule has 1 atom stereocenters. The van der Waals surface area contributed by atoms with Crippen molar-refractivity contribution in [3.8, 4) is 0 Å². The van der Waals surface area contributed by atoms with Crippen LogP contribution < -0.4 is 0 Å². The van der Waals surface area contributed by atoms with E-state index in [1.807, 2.05) is 0 Å². The molecular formula is C75H138O6. The molecule has 0 radical (unpaired) electrons. The Balaban J connectivity index is 4.21. The molecule has 1 unspecified atom stereocenters. The molecular weight excluding hydrogens is 997 g/mol. The van der Waals surface area contributed by atoms with Crippen molar-refractivity contribution in [3.05, 3.63) is 48.6 Å². The van der Waals surface area contributed by atoms with Gasteiger partial charge in [0.15, 0.2) is 6.10 Å². The normalized spacial score (nSPS) is 12.3. The number of unbranched alkanes of at least 4 members (excludes halogenated alkanes) is 48. The van der Waals surface area contributed by atoms with Crippen molar-refractivity contribution in [2.24, 2.45) is 0 Å². The fourth-order valence-corrected chi connectivity index (χ4v) is 10.9. The van der Waals surface area contributed by atoms with Crippen molar-refractivity contribution in [2.45, 2.75) is 399 Å². The summed E-state index contributed by atoms with van der Waals surface area (Å²) in [5.74, 6) is -0.881. The quantitative estimate of drug-likeness (QED) is 0.0261. The molecule has 0 saturated carbocycles. The molecule has 0 amide bonds. The van der Waals surface area contributed by atoms with E-state index in [9.17, 15) is 14.4 Å². The minimum atomic E-state index is -0.784. The summed E-state index contributed by atoms with van der Waals surface area (Å²) in [6, 6.07) is 0. The zero-order chi connectivity index (χ0) is 58.5. The van der Waals surface area contributed by atoms with Crippen LogP contribution in [0.1, 0.15) is 393 Å². The highest BCUT2D eigenvalue weighted by Gasteiger charge is 2.19. The highest BCUT2D eigenvalue weighted by molar-refractivity contribution is 5.71. The first kappa shape index (κ1) is 78.4. The molecule has 0 saturated heterocycles. The van der Waals surface area contributed by atoms with Gasteiger partial charge in [0.1, 0.15) is 13.2 Å². The van der Waals surface area contributed by atoms with E-state index in [1.54, 1.807) is 0 Å². The average molecular weight is 1140 g/mol. The molecule has 81 heavy (non-hydrogen) atoms. The summed E-state index contributed by atoms with van der Waals surface area (Å²) in [6.45, 7) is 6.57. The first-order valence-corrected chi connectivity index (χ1v) is 36.1. The number of carbonyl (C=O) groups is 3. The number of carbonyl (C=O) groups excluding carboxylic acids is 3. The number of rotatable bonds is 67. The van der Waals surface area contributed by atoms with E-state index >= 15 is 0 Å². The van der Waals surface area contributed by atoms with Crippen molar-refractivity contribution in [1.82, 2.24) is 0 Å². The predicted molar refractivity (Wildman–Crippen MR) is 353 cm³/mol. The molecule has 0 aliphatic rings. The van der Waals surface area contributed by atoms with E-state index in [-0.39, 0.29) is 31.1 Å². The van der Waals surface area contributed by atoms with Gasteiger partial charge in [-0.05, 0) is 77.0 Å². The minimum absolute atomic E-state index is 0.0778. The Kier molecular flexibility index (Phi) is 67.6. The second-order valence-electron chi connectivity index (χ2n) is 24.5. The molecule has 0 bridgehead atoms. The molecule has 6 heteroatoms. The molecule has 0 rings (SSSR count). The van der Waals surface area contributed by atoms with Crippen LogP contribution in [0.25, 0.3) is 0 Å². The second-order valence-corrected chi connectivity index (χ2v) is 24.5. The van der Waals surface area contributed by atoms with Gasteiger partial charge in [0.2, 0.25) is 0 Å². The van der Waals surface area contributed by atoms with Gasteiger partial charge in [-0.3, -0.25) is 14.4 Å². The van der Waals surface area contributed by atoms with Gasteiger partial charge >= 0.3 is 17.9 Å². The standard InChI is InChI=1S/C75H138O6/c1-4-7-10-13-16-19-22-25-27-29-31-33-35-36-37-38-40-41-43-45-47-50-53-56-59-62-65-68-74(77)80-71-72(70-79-73(76)67-64-61-58-55-52-49-24-21-18-15-12-9-6-3)81-75(78)69-66-63-60-57-54-51-48-46-44-42-39-34-32-30-28-26-23-20-17-14-11-8-5-2/h9,12,18,21,29,31,49,52,72H,4-8,10-11,13-17,19-20,22-28,30,32-48,50-51,53-71H2,1-3H3/b12-9-,21-18-,31-29-,52-49-.